The molecule has 0 atom stereocenters. The third-order valence-corrected chi connectivity index (χ3v) is 3.90. The van der Waals surface area contributed by atoms with Gasteiger partial charge in [0.1, 0.15) is 17.6 Å². The maximum atomic E-state index is 6.19. The van der Waals surface area contributed by atoms with Gasteiger partial charge in [0.25, 0.3) is 0 Å². The van der Waals surface area contributed by atoms with Crippen LogP contribution in [0.25, 0.3) is 0 Å². The standard InChI is InChI=1S/C16H18BrClN2O/c1-10-13(18)19-15(16(2,3)4)20-14(10)21-9-11-5-7-12(17)8-6-11/h5-8H,9H2,1-4H3. The van der Waals surface area contributed by atoms with E-state index >= 15 is 0 Å². The Hall–Kier alpha value is -1.13. The Kier molecular flexibility index (Phi) is 4.89. The van der Waals surface area contributed by atoms with Gasteiger partial charge in [0.15, 0.2) is 0 Å². The quantitative estimate of drug-likeness (QED) is 0.708. The monoisotopic (exact) mass is 368 g/mol. The summed E-state index contributed by atoms with van der Waals surface area (Å²) in [6.45, 7) is 8.46. The van der Waals surface area contributed by atoms with Crippen LogP contribution < -0.4 is 4.74 Å². The van der Waals surface area contributed by atoms with Crippen LogP contribution in [0.4, 0.5) is 0 Å². The Balaban J connectivity index is 2.23. The first kappa shape index (κ1) is 16.2. The molecule has 0 N–H and O–H groups in total. The van der Waals surface area contributed by atoms with Crippen molar-refractivity contribution in [1.29, 1.82) is 0 Å². The third kappa shape index (κ3) is 4.17. The first-order valence-corrected chi connectivity index (χ1v) is 7.86. The van der Waals surface area contributed by atoms with Crippen molar-refractivity contribution in [2.45, 2.75) is 39.7 Å². The summed E-state index contributed by atoms with van der Waals surface area (Å²) < 4.78 is 6.87. The summed E-state index contributed by atoms with van der Waals surface area (Å²) >= 11 is 9.61. The van der Waals surface area contributed by atoms with E-state index < -0.39 is 0 Å². The van der Waals surface area contributed by atoms with E-state index in [1.54, 1.807) is 0 Å². The molecule has 0 saturated carbocycles. The smallest absolute Gasteiger partial charge is 0.221 e. The number of halogens is 2. The lowest BCUT2D eigenvalue weighted by Gasteiger charge is -2.19. The summed E-state index contributed by atoms with van der Waals surface area (Å²) in [7, 11) is 0. The second-order valence-corrected chi connectivity index (χ2v) is 7.21. The molecule has 1 heterocycles. The Bertz CT molecular complexity index is 636. The molecule has 112 valence electrons. The number of nitrogens with zero attached hydrogens (tertiary/aromatic N) is 2. The summed E-state index contributed by atoms with van der Waals surface area (Å²) in [6.07, 6.45) is 0. The summed E-state index contributed by atoms with van der Waals surface area (Å²) in [6, 6.07) is 7.98. The van der Waals surface area contributed by atoms with Gasteiger partial charge < -0.3 is 4.74 Å². The molecule has 3 nitrogen and oxygen atoms in total. The van der Waals surface area contributed by atoms with Crippen molar-refractivity contribution in [2.24, 2.45) is 0 Å². The molecule has 0 unspecified atom stereocenters. The lowest BCUT2D eigenvalue weighted by Crippen LogP contribution is -2.17. The first-order chi connectivity index (χ1) is 9.77. The SMILES string of the molecule is Cc1c(Cl)nc(C(C)(C)C)nc1OCc1ccc(Br)cc1. The first-order valence-electron chi connectivity index (χ1n) is 6.69. The van der Waals surface area contributed by atoms with Gasteiger partial charge in [0.2, 0.25) is 5.88 Å². The van der Waals surface area contributed by atoms with Crippen molar-refractivity contribution in [2.75, 3.05) is 0 Å². The summed E-state index contributed by atoms with van der Waals surface area (Å²) in [5.74, 6) is 1.23. The summed E-state index contributed by atoms with van der Waals surface area (Å²) in [5.41, 5.74) is 1.67. The predicted octanol–water partition coefficient (Wildman–Crippen LogP) is 5.08. The zero-order valence-electron chi connectivity index (χ0n) is 12.6. The fourth-order valence-electron chi connectivity index (χ4n) is 1.68. The number of hydrogen-bond donors (Lipinski definition) is 0. The van der Waals surface area contributed by atoms with E-state index in [-0.39, 0.29) is 5.41 Å². The molecule has 1 aromatic carbocycles. The van der Waals surface area contributed by atoms with Crippen LogP contribution in [0.15, 0.2) is 28.7 Å². The zero-order chi connectivity index (χ0) is 15.6. The molecule has 0 bridgehead atoms. The van der Waals surface area contributed by atoms with Crippen molar-refractivity contribution in [3.05, 3.63) is 50.8 Å². The van der Waals surface area contributed by atoms with E-state index in [4.69, 9.17) is 16.3 Å². The van der Waals surface area contributed by atoms with Gasteiger partial charge in [-0.25, -0.2) is 4.98 Å². The summed E-state index contributed by atoms with van der Waals surface area (Å²) in [4.78, 5) is 8.85. The largest absolute Gasteiger partial charge is 0.472 e. The molecule has 21 heavy (non-hydrogen) atoms. The van der Waals surface area contributed by atoms with Crippen LogP contribution in [-0.4, -0.2) is 9.97 Å². The van der Waals surface area contributed by atoms with Crippen LogP contribution in [0.3, 0.4) is 0 Å². The molecule has 0 aliphatic carbocycles. The molecule has 2 aromatic rings. The molecule has 0 aliphatic rings. The molecule has 2 rings (SSSR count). The minimum atomic E-state index is -0.174. The average molecular weight is 370 g/mol. The van der Waals surface area contributed by atoms with E-state index in [9.17, 15) is 0 Å². The van der Waals surface area contributed by atoms with Gasteiger partial charge >= 0.3 is 0 Å². The van der Waals surface area contributed by atoms with Crippen molar-refractivity contribution in [3.8, 4) is 5.88 Å². The molecular formula is C16H18BrClN2O. The van der Waals surface area contributed by atoms with Gasteiger partial charge in [0.05, 0.1) is 0 Å². The summed E-state index contributed by atoms with van der Waals surface area (Å²) in [5, 5.41) is 0.445. The van der Waals surface area contributed by atoms with Crippen molar-refractivity contribution in [3.63, 3.8) is 0 Å². The molecule has 0 fully saturated rings. The highest BCUT2D eigenvalue weighted by molar-refractivity contribution is 9.10. The number of aromatic nitrogens is 2. The second kappa shape index (κ2) is 6.32. The minimum Gasteiger partial charge on any atom is -0.472 e. The van der Waals surface area contributed by atoms with Crippen molar-refractivity contribution in [1.82, 2.24) is 9.97 Å². The Morgan fingerprint density at radius 3 is 2.33 bits per heavy atom. The van der Waals surface area contributed by atoms with Crippen LogP contribution >= 0.6 is 27.5 Å². The van der Waals surface area contributed by atoms with Crippen molar-refractivity contribution >= 4 is 27.5 Å². The topological polar surface area (TPSA) is 35.0 Å². The Morgan fingerprint density at radius 1 is 1.14 bits per heavy atom. The van der Waals surface area contributed by atoms with Gasteiger partial charge in [-0.3, -0.25) is 0 Å². The van der Waals surface area contributed by atoms with E-state index in [1.165, 1.54) is 0 Å². The van der Waals surface area contributed by atoms with Crippen molar-refractivity contribution < 1.29 is 4.74 Å². The zero-order valence-corrected chi connectivity index (χ0v) is 14.9. The van der Waals surface area contributed by atoms with Crippen LogP contribution in [0.2, 0.25) is 5.15 Å². The third-order valence-electron chi connectivity index (χ3n) is 3.00. The van der Waals surface area contributed by atoms with Gasteiger partial charge in [-0.1, -0.05) is 60.4 Å². The fourth-order valence-corrected chi connectivity index (χ4v) is 2.10. The fraction of sp³-hybridized carbons (Fsp3) is 0.375. The van der Waals surface area contributed by atoms with Crippen LogP contribution in [-0.2, 0) is 12.0 Å². The lowest BCUT2D eigenvalue weighted by molar-refractivity contribution is 0.287. The molecule has 0 saturated heterocycles. The van der Waals surface area contributed by atoms with E-state index in [0.717, 1.165) is 15.6 Å². The number of rotatable bonds is 3. The lowest BCUT2D eigenvalue weighted by atomic mass is 9.96. The van der Waals surface area contributed by atoms with Crippen LogP contribution in [0.5, 0.6) is 5.88 Å². The van der Waals surface area contributed by atoms with Gasteiger partial charge in [0, 0.05) is 15.5 Å². The minimum absolute atomic E-state index is 0.174. The molecule has 1 aromatic heterocycles. The molecule has 0 amide bonds. The van der Waals surface area contributed by atoms with Gasteiger partial charge in [-0.2, -0.15) is 4.98 Å². The average Bonchev–Trinajstić information content (AvgIpc) is 2.41. The highest BCUT2D eigenvalue weighted by Gasteiger charge is 2.21. The van der Waals surface area contributed by atoms with Gasteiger partial charge in [-0.05, 0) is 24.6 Å². The van der Waals surface area contributed by atoms with E-state index in [0.29, 0.717) is 23.5 Å². The molecular weight excluding hydrogens is 352 g/mol. The van der Waals surface area contributed by atoms with Crippen LogP contribution in [0, 0.1) is 6.92 Å². The molecule has 0 spiro atoms. The highest BCUT2D eigenvalue weighted by Crippen LogP contribution is 2.28. The molecule has 5 heteroatoms. The Morgan fingerprint density at radius 2 is 1.76 bits per heavy atom. The van der Waals surface area contributed by atoms with E-state index in [1.807, 2.05) is 52.0 Å². The molecule has 0 aliphatic heterocycles. The van der Waals surface area contributed by atoms with E-state index in [2.05, 4.69) is 25.9 Å². The Labute approximate surface area is 138 Å². The predicted molar refractivity (Wildman–Crippen MR) is 89.0 cm³/mol. The maximum Gasteiger partial charge on any atom is 0.221 e. The number of hydrogen-bond acceptors (Lipinski definition) is 3. The molecule has 0 radical (unpaired) electrons. The maximum absolute atomic E-state index is 6.19. The highest BCUT2D eigenvalue weighted by atomic mass is 79.9. The number of ether oxygens (including phenoxy) is 1. The number of benzene rings is 1. The second-order valence-electron chi connectivity index (χ2n) is 5.93. The normalized spacial score (nSPS) is 11.5. The van der Waals surface area contributed by atoms with Crippen LogP contribution in [0.1, 0.15) is 37.7 Å². The van der Waals surface area contributed by atoms with Gasteiger partial charge in [-0.15, -0.1) is 0 Å².